The van der Waals surface area contributed by atoms with Crippen molar-refractivity contribution in [3.05, 3.63) is 89.5 Å². The third kappa shape index (κ3) is 2.09. The molecule has 3 aromatic rings. The maximum Gasteiger partial charge on any atom is 0.188 e. The standard InChI is InChI=1S/C20H15NO/c22-19-12-18(21-13-14-6-2-1-3-7-14)16-10-4-8-15-9-5-11-17(19)20(15)16/h1-12,21H,13H2. The molecule has 0 atom stereocenters. The van der Waals surface area contributed by atoms with Crippen LogP contribution in [0.5, 0.6) is 0 Å². The van der Waals surface area contributed by atoms with Gasteiger partial charge in [-0.1, -0.05) is 66.7 Å². The zero-order valence-electron chi connectivity index (χ0n) is 12.0. The molecule has 0 saturated carbocycles. The number of hydrogen-bond acceptors (Lipinski definition) is 2. The molecule has 0 amide bonds. The van der Waals surface area contributed by atoms with Crippen molar-refractivity contribution >= 4 is 22.3 Å². The monoisotopic (exact) mass is 285 g/mol. The van der Waals surface area contributed by atoms with E-state index in [0.717, 1.165) is 27.6 Å². The molecule has 1 aliphatic rings. The van der Waals surface area contributed by atoms with Crippen molar-refractivity contribution in [2.75, 3.05) is 0 Å². The Labute approximate surface area is 129 Å². The van der Waals surface area contributed by atoms with Gasteiger partial charge in [-0.2, -0.15) is 0 Å². The summed E-state index contributed by atoms with van der Waals surface area (Å²) in [6.07, 6.45) is 1.71. The Morgan fingerprint density at radius 2 is 1.50 bits per heavy atom. The number of carbonyl (C=O) groups excluding carboxylic acids is 1. The van der Waals surface area contributed by atoms with E-state index in [1.54, 1.807) is 6.08 Å². The molecule has 2 nitrogen and oxygen atoms in total. The molecule has 22 heavy (non-hydrogen) atoms. The van der Waals surface area contributed by atoms with Crippen LogP contribution in [0.15, 0.2) is 72.8 Å². The first-order valence-corrected chi connectivity index (χ1v) is 7.39. The van der Waals surface area contributed by atoms with Gasteiger partial charge in [0.1, 0.15) is 0 Å². The first-order valence-electron chi connectivity index (χ1n) is 7.39. The summed E-state index contributed by atoms with van der Waals surface area (Å²) < 4.78 is 0. The Morgan fingerprint density at radius 3 is 2.27 bits per heavy atom. The third-order valence-corrected chi connectivity index (χ3v) is 4.06. The summed E-state index contributed by atoms with van der Waals surface area (Å²) in [6.45, 7) is 0.707. The molecule has 2 heteroatoms. The summed E-state index contributed by atoms with van der Waals surface area (Å²) in [7, 11) is 0. The molecule has 0 radical (unpaired) electrons. The van der Waals surface area contributed by atoms with Gasteiger partial charge in [0.15, 0.2) is 5.78 Å². The zero-order valence-corrected chi connectivity index (χ0v) is 12.0. The average molecular weight is 285 g/mol. The van der Waals surface area contributed by atoms with Gasteiger partial charge in [0, 0.05) is 34.8 Å². The van der Waals surface area contributed by atoms with Gasteiger partial charge >= 0.3 is 0 Å². The maximum absolute atomic E-state index is 12.4. The zero-order chi connectivity index (χ0) is 14.9. The molecule has 0 unspecified atom stereocenters. The number of allylic oxidation sites excluding steroid dienone is 1. The molecule has 0 saturated heterocycles. The van der Waals surface area contributed by atoms with Crippen molar-refractivity contribution in [3.63, 3.8) is 0 Å². The van der Waals surface area contributed by atoms with Crippen LogP contribution >= 0.6 is 0 Å². The minimum Gasteiger partial charge on any atom is -0.380 e. The molecule has 0 spiro atoms. The van der Waals surface area contributed by atoms with Crippen LogP contribution in [-0.4, -0.2) is 5.78 Å². The Balaban J connectivity index is 1.74. The predicted octanol–water partition coefficient (Wildman–Crippen LogP) is 4.17. The van der Waals surface area contributed by atoms with Crippen LogP contribution in [0.25, 0.3) is 16.5 Å². The summed E-state index contributed by atoms with van der Waals surface area (Å²) in [4.78, 5) is 12.4. The van der Waals surface area contributed by atoms with Gasteiger partial charge in [-0.25, -0.2) is 0 Å². The Bertz CT molecular complexity index is 889. The number of carbonyl (C=O) groups is 1. The second kappa shape index (κ2) is 5.15. The van der Waals surface area contributed by atoms with Crippen LogP contribution in [0, 0.1) is 0 Å². The summed E-state index contributed by atoms with van der Waals surface area (Å²) in [5.74, 6) is 0.0693. The van der Waals surface area contributed by atoms with E-state index in [1.807, 2.05) is 36.4 Å². The molecule has 1 aliphatic carbocycles. The van der Waals surface area contributed by atoms with E-state index < -0.39 is 0 Å². The minimum atomic E-state index is 0.0693. The van der Waals surface area contributed by atoms with Crippen LogP contribution < -0.4 is 5.32 Å². The quantitative estimate of drug-likeness (QED) is 0.782. The van der Waals surface area contributed by atoms with Crippen LogP contribution in [0.4, 0.5) is 0 Å². The maximum atomic E-state index is 12.4. The largest absolute Gasteiger partial charge is 0.380 e. The Kier molecular flexibility index (Phi) is 3.01. The van der Waals surface area contributed by atoms with E-state index in [9.17, 15) is 4.79 Å². The first-order chi connectivity index (χ1) is 10.8. The summed E-state index contributed by atoms with van der Waals surface area (Å²) in [5, 5.41) is 5.57. The van der Waals surface area contributed by atoms with E-state index in [4.69, 9.17) is 0 Å². The number of ketones is 1. The van der Waals surface area contributed by atoms with Gasteiger partial charge in [-0.3, -0.25) is 4.79 Å². The highest BCUT2D eigenvalue weighted by Gasteiger charge is 2.19. The van der Waals surface area contributed by atoms with Crippen LogP contribution in [0.3, 0.4) is 0 Å². The Morgan fingerprint density at radius 1 is 0.773 bits per heavy atom. The highest BCUT2D eigenvalue weighted by atomic mass is 16.1. The molecular formula is C20H15NO. The normalized spacial score (nSPS) is 13.1. The predicted molar refractivity (Wildman–Crippen MR) is 89.5 cm³/mol. The van der Waals surface area contributed by atoms with Crippen molar-refractivity contribution in [1.29, 1.82) is 0 Å². The first kappa shape index (κ1) is 12.8. The number of benzene rings is 3. The summed E-state index contributed by atoms with van der Waals surface area (Å²) in [6, 6.07) is 22.3. The second-order valence-electron chi connectivity index (χ2n) is 5.47. The molecule has 0 aliphatic heterocycles. The topological polar surface area (TPSA) is 29.1 Å². The Hall–Kier alpha value is -2.87. The van der Waals surface area contributed by atoms with E-state index in [1.165, 1.54) is 5.56 Å². The van der Waals surface area contributed by atoms with E-state index in [2.05, 4.69) is 35.6 Å². The minimum absolute atomic E-state index is 0.0693. The fraction of sp³-hybridized carbons (Fsp3) is 0.0500. The van der Waals surface area contributed by atoms with Gasteiger partial charge in [-0.05, 0) is 10.9 Å². The van der Waals surface area contributed by atoms with Gasteiger partial charge in [0.25, 0.3) is 0 Å². The fourth-order valence-electron chi connectivity index (χ4n) is 3.00. The second-order valence-corrected chi connectivity index (χ2v) is 5.47. The SMILES string of the molecule is O=C1C=C(NCc2ccccc2)c2cccc3cccc1c23. The molecule has 4 rings (SSSR count). The highest BCUT2D eigenvalue weighted by Crippen LogP contribution is 2.31. The molecule has 106 valence electrons. The fourth-order valence-corrected chi connectivity index (χ4v) is 3.00. The smallest absolute Gasteiger partial charge is 0.188 e. The van der Waals surface area contributed by atoms with E-state index in [-0.39, 0.29) is 5.78 Å². The average Bonchev–Trinajstić information content (AvgIpc) is 2.58. The number of rotatable bonds is 3. The van der Waals surface area contributed by atoms with Crippen molar-refractivity contribution in [2.45, 2.75) is 6.54 Å². The van der Waals surface area contributed by atoms with Gasteiger partial charge in [0.2, 0.25) is 0 Å². The lowest BCUT2D eigenvalue weighted by atomic mass is 9.90. The summed E-state index contributed by atoms with van der Waals surface area (Å²) in [5.41, 5.74) is 3.99. The van der Waals surface area contributed by atoms with Crippen molar-refractivity contribution in [2.24, 2.45) is 0 Å². The van der Waals surface area contributed by atoms with Gasteiger partial charge in [0.05, 0.1) is 0 Å². The highest BCUT2D eigenvalue weighted by molar-refractivity contribution is 6.21. The lowest BCUT2D eigenvalue weighted by Gasteiger charge is -2.19. The van der Waals surface area contributed by atoms with E-state index >= 15 is 0 Å². The van der Waals surface area contributed by atoms with Crippen LogP contribution in [0.1, 0.15) is 21.5 Å². The third-order valence-electron chi connectivity index (χ3n) is 4.06. The molecule has 0 aromatic heterocycles. The lowest BCUT2D eigenvalue weighted by molar-refractivity contribution is 0.104. The van der Waals surface area contributed by atoms with Crippen LogP contribution in [-0.2, 0) is 6.54 Å². The van der Waals surface area contributed by atoms with Crippen molar-refractivity contribution in [3.8, 4) is 0 Å². The molecular weight excluding hydrogens is 270 g/mol. The van der Waals surface area contributed by atoms with E-state index in [0.29, 0.717) is 6.54 Å². The summed E-state index contributed by atoms with van der Waals surface area (Å²) >= 11 is 0. The van der Waals surface area contributed by atoms with Gasteiger partial charge in [-0.15, -0.1) is 0 Å². The molecule has 0 bridgehead atoms. The van der Waals surface area contributed by atoms with Crippen molar-refractivity contribution in [1.82, 2.24) is 5.32 Å². The molecule has 0 heterocycles. The number of nitrogens with one attached hydrogen (secondary N) is 1. The lowest BCUT2D eigenvalue weighted by Crippen LogP contribution is -2.17. The molecule has 3 aromatic carbocycles. The van der Waals surface area contributed by atoms with Crippen LogP contribution in [0.2, 0.25) is 0 Å². The molecule has 0 fully saturated rings. The number of hydrogen-bond donors (Lipinski definition) is 1. The van der Waals surface area contributed by atoms with Gasteiger partial charge < -0.3 is 5.32 Å². The van der Waals surface area contributed by atoms with Crippen molar-refractivity contribution < 1.29 is 4.79 Å². The molecule has 1 N–H and O–H groups in total.